The van der Waals surface area contributed by atoms with Crippen LogP contribution in [0.5, 0.6) is 0 Å². The van der Waals surface area contributed by atoms with Gasteiger partial charge in [0, 0.05) is 32.7 Å². The molecule has 15 heavy (non-hydrogen) atoms. The van der Waals surface area contributed by atoms with Gasteiger partial charge in [-0.15, -0.1) is 22.7 Å². The zero-order valence-corrected chi connectivity index (χ0v) is 11.5. The second-order valence-corrected chi connectivity index (χ2v) is 5.83. The lowest BCUT2D eigenvalue weighted by Crippen LogP contribution is -2.17. The SMILES string of the molecule is CC(NCc1cscn1)c1cc(Br)cs1. The average molecular weight is 303 g/mol. The van der Waals surface area contributed by atoms with Crippen LogP contribution in [0, 0.1) is 0 Å². The Bertz CT molecular complexity index is 411. The van der Waals surface area contributed by atoms with E-state index in [0.717, 1.165) is 16.7 Å². The molecule has 0 saturated carbocycles. The van der Waals surface area contributed by atoms with Crippen LogP contribution in [0.4, 0.5) is 0 Å². The van der Waals surface area contributed by atoms with E-state index in [0.29, 0.717) is 6.04 Å². The first-order valence-electron chi connectivity index (χ1n) is 4.60. The van der Waals surface area contributed by atoms with Gasteiger partial charge < -0.3 is 5.32 Å². The maximum Gasteiger partial charge on any atom is 0.0795 e. The molecular formula is C10H11BrN2S2. The number of thiazole rings is 1. The molecule has 0 aliphatic rings. The van der Waals surface area contributed by atoms with Gasteiger partial charge in [0.2, 0.25) is 0 Å². The third kappa shape index (κ3) is 3.11. The normalized spacial score (nSPS) is 12.9. The minimum Gasteiger partial charge on any atom is -0.304 e. The summed E-state index contributed by atoms with van der Waals surface area (Å²) in [6.07, 6.45) is 0. The summed E-state index contributed by atoms with van der Waals surface area (Å²) in [7, 11) is 0. The number of thiophene rings is 1. The van der Waals surface area contributed by atoms with Crippen molar-refractivity contribution in [2.45, 2.75) is 19.5 Å². The fourth-order valence-corrected chi connectivity index (χ4v) is 3.27. The number of aromatic nitrogens is 1. The minimum absolute atomic E-state index is 0.378. The van der Waals surface area contributed by atoms with Gasteiger partial charge in [0.15, 0.2) is 0 Å². The van der Waals surface area contributed by atoms with Gasteiger partial charge in [-0.05, 0) is 28.9 Å². The molecule has 1 unspecified atom stereocenters. The van der Waals surface area contributed by atoms with E-state index in [1.165, 1.54) is 4.88 Å². The number of nitrogens with one attached hydrogen (secondary N) is 1. The highest BCUT2D eigenvalue weighted by atomic mass is 79.9. The standard InChI is InChI=1S/C10H11BrN2S2/c1-7(10-2-8(11)4-15-10)12-3-9-5-14-6-13-9/h2,4-7,12H,3H2,1H3. The molecule has 0 aliphatic heterocycles. The van der Waals surface area contributed by atoms with Gasteiger partial charge in [-0.3, -0.25) is 0 Å². The van der Waals surface area contributed by atoms with Crippen molar-refractivity contribution in [2.24, 2.45) is 0 Å². The summed E-state index contributed by atoms with van der Waals surface area (Å²) in [5.74, 6) is 0. The van der Waals surface area contributed by atoms with Crippen molar-refractivity contribution >= 4 is 38.6 Å². The van der Waals surface area contributed by atoms with E-state index >= 15 is 0 Å². The Labute approximate surface area is 106 Å². The Morgan fingerprint density at radius 2 is 2.40 bits per heavy atom. The van der Waals surface area contributed by atoms with Gasteiger partial charge in [-0.2, -0.15) is 0 Å². The summed E-state index contributed by atoms with van der Waals surface area (Å²) in [6.45, 7) is 3.00. The van der Waals surface area contributed by atoms with Crippen LogP contribution >= 0.6 is 38.6 Å². The molecule has 0 radical (unpaired) electrons. The lowest BCUT2D eigenvalue weighted by Gasteiger charge is -2.10. The fourth-order valence-electron chi connectivity index (χ4n) is 1.24. The van der Waals surface area contributed by atoms with Gasteiger partial charge in [-0.1, -0.05) is 0 Å². The van der Waals surface area contributed by atoms with E-state index in [-0.39, 0.29) is 0 Å². The molecule has 0 bridgehead atoms. The molecule has 2 aromatic heterocycles. The van der Waals surface area contributed by atoms with E-state index in [4.69, 9.17) is 0 Å². The highest BCUT2D eigenvalue weighted by Gasteiger charge is 2.07. The van der Waals surface area contributed by atoms with Crippen LogP contribution in [-0.2, 0) is 6.54 Å². The molecule has 0 amide bonds. The van der Waals surface area contributed by atoms with E-state index < -0.39 is 0 Å². The van der Waals surface area contributed by atoms with Crippen LogP contribution in [0.1, 0.15) is 23.5 Å². The van der Waals surface area contributed by atoms with Crippen LogP contribution in [0.15, 0.2) is 26.8 Å². The minimum atomic E-state index is 0.378. The number of rotatable bonds is 4. The number of nitrogens with zero attached hydrogens (tertiary/aromatic N) is 1. The van der Waals surface area contributed by atoms with E-state index in [2.05, 4.69) is 50.0 Å². The quantitative estimate of drug-likeness (QED) is 0.929. The maximum atomic E-state index is 4.24. The Balaban J connectivity index is 1.90. The number of hydrogen-bond acceptors (Lipinski definition) is 4. The summed E-state index contributed by atoms with van der Waals surface area (Å²) in [5, 5.41) is 7.63. The summed E-state index contributed by atoms with van der Waals surface area (Å²) in [6, 6.07) is 2.53. The molecule has 5 heteroatoms. The largest absolute Gasteiger partial charge is 0.304 e. The first-order chi connectivity index (χ1) is 7.25. The molecule has 0 fully saturated rings. The van der Waals surface area contributed by atoms with Crippen molar-refractivity contribution in [1.29, 1.82) is 0 Å². The van der Waals surface area contributed by atoms with Crippen LogP contribution in [0.25, 0.3) is 0 Å². The predicted molar refractivity (Wildman–Crippen MR) is 69.4 cm³/mol. The van der Waals surface area contributed by atoms with E-state index in [1.54, 1.807) is 22.7 Å². The molecule has 0 saturated heterocycles. The molecule has 0 aromatic carbocycles. The molecule has 2 rings (SSSR count). The van der Waals surface area contributed by atoms with Crippen molar-refractivity contribution in [3.05, 3.63) is 37.4 Å². The molecule has 80 valence electrons. The Kier molecular flexibility index (Phi) is 3.91. The number of halogens is 1. The van der Waals surface area contributed by atoms with Crippen molar-refractivity contribution < 1.29 is 0 Å². The van der Waals surface area contributed by atoms with Crippen molar-refractivity contribution in [2.75, 3.05) is 0 Å². The zero-order chi connectivity index (χ0) is 10.7. The van der Waals surface area contributed by atoms with Gasteiger partial charge in [0.25, 0.3) is 0 Å². The lowest BCUT2D eigenvalue weighted by atomic mass is 10.2. The van der Waals surface area contributed by atoms with E-state index in [1.807, 2.05) is 5.51 Å². The first kappa shape index (κ1) is 11.3. The molecule has 1 N–H and O–H groups in total. The second-order valence-electron chi connectivity index (χ2n) is 3.25. The molecular weight excluding hydrogens is 292 g/mol. The monoisotopic (exact) mass is 302 g/mol. The predicted octanol–water partition coefficient (Wildman–Crippen LogP) is 3.82. The third-order valence-corrected chi connectivity index (χ3v) is 4.60. The van der Waals surface area contributed by atoms with Gasteiger partial charge in [0.1, 0.15) is 0 Å². The lowest BCUT2D eigenvalue weighted by molar-refractivity contribution is 0.577. The second kappa shape index (κ2) is 5.21. The fraction of sp³-hybridized carbons (Fsp3) is 0.300. The molecule has 2 aromatic rings. The molecule has 2 heterocycles. The smallest absolute Gasteiger partial charge is 0.0795 e. The average Bonchev–Trinajstić information content (AvgIpc) is 2.84. The summed E-state index contributed by atoms with van der Waals surface area (Å²) < 4.78 is 1.16. The Morgan fingerprint density at radius 1 is 1.53 bits per heavy atom. The van der Waals surface area contributed by atoms with Crippen LogP contribution in [-0.4, -0.2) is 4.98 Å². The summed E-state index contributed by atoms with van der Waals surface area (Å²) >= 11 is 6.87. The van der Waals surface area contributed by atoms with Crippen molar-refractivity contribution in [1.82, 2.24) is 10.3 Å². The summed E-state index contributed by atoms with van der Waals surface area (Å²) in [4.78, 5) is 5.58. The van der Waals surface area contributed by atoms with Gasteiger partial charge in [-0.25, -0.2) is 4.98 Å². The highest BCUT2D eigenvalue weighted by Crippen LogP contribution is 2.25. The van der Waals surface area contributed by atoms with Gasteiger partial charge in [0.05, 0.1) is 11.2 Å². The highest BCUT2D eigenvalue weighted by molar-refractivity contribution is 9.10. The molecule has 1 atom stereocenters. The van der Waals surface area contributed by atoms with Crippen LogP contribution in [0.2, 0.25) is 0 Å². The Hall–Kier alpha value is -0.230. The van der Waals surface area contributed by atoms with Crippen molar-refractivity contribution in [3.63, 3.8) is 0 Å². The first-order valence-corrected chi connectivity index (χ1v) is 7.21. The van der Waals surface area contributed by atoms with Crippen LogP contribution < -0.4 is 5.32 Å². The van der Waals surface area contributed by atoms with Crippen molar-refractivity contribution in [3.8, 4) is 0 Å². The summed E-state index contributed by atoms with van der Waals surface area (Å²) in [5.41, 5.74) is 2.98. The van der Waals surface area contributed by atoms with Crippen LogP contribution in [0.3, 0.4) is 0 Å². The van der Waals surface area contributed by atoms with E-state index in [9.17, 15) is 0 Å². The topological polar surface area (TPSA) is 24.9 Å². The molecule has 0 spiro atoms. The zero-order valence-electron chi connectivity index (χ0n) is 8.24. The molecule has 0 aliphatic carbocycles. The van der Waals surface area contributed by atoms with Gasteiger partial charge >= 0.3 is 0 Å². The molecule has 2 nitrogen and oxygen atoms in total. The third-order valence-electron chi connectivity index (χ3n) is 2.09. The Morgan fingerprint density at radius 3 is 3.00 bits per heavy atom. The maximum absolute atomic E-state index is 4.24. The number of hydrogen-bond donors (Lipinski definition) is 1.